The third-order valence-corrected chi connectivity index (χ3v) is 15.5. The highest BCUT2D eigenvalue weighted by atomic mass is 32.2. The molecule has 2 aliphatic carbocycles. The van der Waals surface area contributed by atoms with E-state index in [0.29, 0.717) is 48.9 Å². The molecule has 19 heteroatoms. The molecule has 0 bridgehead atoms. The van der Waals surface area contributed by atoms with Crippen LogP contribution in [-0.2, 0) is 20.0 Å². The van der Waals surface area contributed by atoms with Gasteiger partial charge >= 0.3 is 5.69 Å². The zero-order valence-electron chi connectivity index (χ0n) is 33.3. The molecule has 0 unspecified atom stereocenters. The number of anilines is 2. The van der Waals surface area contributed by atoms with Gasteiger partial charge in [-0.15, -0.1) is 0 Å². The summed E-state index contributed by atoms with van der Waals surface area (Å²) in [4.78, 5) is 40.9. The van der Waals surface area contributed by atoms with Gasteiger partial charge in [0.05, 0.1) is 29.1 Å². The number of aromatic nitrogens is 3. The van der Waals surface area contributed by atoms with E-state index in [2.05, 4.69) is 41.7 Å². The van der Waals surface area contributed by atoms with Gasteiger partial charge in [0.2, 0.25) is 15.8 Å². The summed E-state index contributed by atoms with van der Waals surface area (Å²) in [5.41, 5.74) is 1.13. The molecule has 3 N–H and O–H groups in total. The first kappa shape index (κ1) is 40.9. The molecule has 1 spiro atoms. The molecule has 1 amide bonds. The molecule has 2 saturated carbocycles. The number of fused-ring (bicyclic) bond motifs is 1. The lowest BCUT2D eigenvalue weighted by Gasteiger charge is -2.56. The maximum absolute atomic E-state index is 13.8. The maximum atomic E-state index is 13.8. The van der Waals surface area contributed by atoms with Crippen molar-refractivity contribution < 1.29 is 31.3 Å². The first-order valence-corrected chi connectivity index (χ1v) is 23.6. The number of rotatable bonds is 12. The number of nitrogens with zero attached hydrogens (tertiary/aromatic N) is 6. The van der Waals surface area contributed by atoms with Gasteiger partial charge in [0.15, 0.2) is 0 Å². The number of hydrogen-bond donors (Lipinski definition) is 3. The largest absolute Gasteiger partial charge is 0.455 e. The third-order valence-electron chi connectivity index (χ3n) is 12.9. The highest BCUT2D eigenvalue weighted by molar-refractivity contribution is 7.90. The number of nitro groups is 1. The van der Waals surface area contributed by atoms with Crippen molar-refractivity contribution >= 4 is 54.2 Å². The van der Waals surface area contributed by atoms with Gasteiger partial charge in [-0.3, -0.25) is 19.8 Å². The summed E-state index contributed by atoms with van der Waals surface area (Å²) in [6.45, 7) is 6.81. The Bertz CT molecular complexity index is 2430. The van der Waals surface area contributed by atoms with Crippen molar-refractivity contribution in [3.05, 3.63) is 70.7 Å². The van der Waals surface area contributed by atoms with E-state index in [-0.39, 0.29) is 22.5 Å². The summed E-state index contributed by atoms with van der Waals surface area (Å²) < 4.78 is 61.1. The molecule has 1 aromatic carbocycles. The average molecular weight is 850 g/mol. The molecule has 316 valence electrons. The van der Waals surface area contributed by atoms with Crippen molar-refractivity contribution in [3.8, 4) is 11.5 Å². The van der Waals surface area contributed by atoms with Crippen LogP contribution in [0.3, 0.4) is 0 Å². The van der Waals surface area contributed by atoms with Crippen LogP contribution in [0.2, 0.25) is 0 Å². The van der Waals surface area contributed by atoms with Gasteiger partial charge in [0.1, 0.15) is 22.0 Å². The van der Waals surface area contributed by atoms with Crippen LogP contribution >= 0.6 is 0 Å². The molecule has 4 aromatic rings. The van der Waals surface area contributed by atoms with Crippen LogP contribution < -0.4 is 19.7 Å². The van der Waals surface area contributed by atoms with E-state index in [1.165, 1.54) is 18.5 Å². The minimum Gasteiger partial charge on any atom is -0.455 e. The zero-order chi connectivity index (χ0) is 41.5. The normalized spacial score (nSPS) is 21.9. The van der Waals surface area contributed by atoms with E-state index in [1.807, 2.05) is 6.07 Å². The van der Waals surface area contributed by atoms with Gasteiger partial charge < -0.3 is 19.9 Å². The van der Waals surface area contributed by atoms with Gasteiger partial charge in [0.25, 0.3) is 15.9 Å². The second-order valence-electron chi connectivity index (χ2n) is 16.9. The number of ether oxygens (including phenoxy) is 1. The number of carbonyl (C=O) groups is 1. The SMILES string of the molecule is CC1CCC(CNc2ncc(S(=O)(=O)NC(=O)c3ccc(N4CCC5(CC4)CC(N4CCN(S(C)(=O)=O)CC4)C5)cc3Oc3cnc4[nH]ccc4c3)cc2[N+](=O)[O-])CC1. The quantitative estimate of drug-likeness (QED) is 0.121. The van der Waals surface area contributed by atoms with E-state index in [4.69, 9.17) is 4.74 Å². The molecule has 0 atom stereocenters. The van der Waals surface area contributed by atoms with Crippen LogP contribution in [0.15, 0.2) is 59.9 Å². The summed E-state index contributed by atoms with van der Waals surface area (Å²) in [5.74, 6) is 0.447. The van der Waals surface area contributed by atoms with Gasteiger partial charge in [-0.25, -0.2) is 31.5 Å². The number of aromatic amines is 1. The second kappa shape index (κ2) is 16.3. The molecular formula is C40H51N9O8S2. The van der Waals surface area contributed by atoms with Crippen molar-refractivity contribution in [2.75, 3.05) is 62.3 Å². The third kappa shape index (κ3) is 9.02. The highest BCUT2D eigenvalue weighted by Crippen LogP contribution is 2.51. The van der Waals surface area contributed by atoms with E-state index in [9.17, 15) is 31.7 Å². The van der Waals surface area contributed by atoms with Crippen molar-refractivity contribution in [1.82, 2.24) is 28.9 Å². The van der Waals surface area contributed by atoms with Crippen molar-refractivity contribution in [1.29, 1.82) is 0 Å². The Hall–Kier alpha value is -4.85. The van der Waals surface area contributed by atoms with Crippen LogP contribution in [0.25, 0.3) is 11.0 Å². The van der Waals surface area contributed by atoms with Gasteiger partial charge in [0, 0.05) is 81.3 Å². The number of sulfonamides is 2. The van der Waals surface area contributed by atoms with Crippen molar-refractivity contribution in [2.45, 2.75) is 69.2 Å². The number of H-pyrrole nitrogens is 1. The first-order chi connectivity index (χ1) is 28.1. The van der Waals surface area contributed by atoms with Crippen LogP contribution in [0, 0.1) is 27.4 Å². The molecular weight excluding hydrogens is 799 g/mol. The smallest absolute Gasteiger partial charge is 0.312 e. The van der Waals surface area contributed by atoms with Crippen LogP contribution in [-0.4, -0.2) is 110 Å². The Labute approximate surface area is 344 Å². The number of carbonyl (C=O) groups excluding carboxylic acids is 1. The van der Waals surface area contributed by atoms with E-state index < -0.39 is 41.5 Å². The minimum atomic E-state index is -4.60. The average Bonchev–Trinajstić information content (AvgIpc) is 3.67. The topological polar surface area (TPSA) is 213 Å². The van der Waals surface area contributed by atoms with Crippen LogP contribution in [0.1, 0.15) is 68.6 Å². The number of pyridine rings is 2. The Kier molecular flexibility index (Phi) is 11.3. The molecule has 8 rings (SSSR count). The lowest BCUT2D eigenvalue weighted by molar-refractivity contribution is -0.384. The number of piperidine rings is 1. The Balaban J connectivity index is 0.964. The van der Waals surface area contributed by atoms with Gasteiger partial charge in [-0.05, 0) is 80.0 Å². The van der Waals surface area contributed by atoms with E-state index >= 15 is 0 Å². The predicted molar refractivity (Wildman–Crippen MR) is 223 cm³/mol. The van der Waals surface area contributed by atoms with Gasteiger partial charge in [-0.2, -0.15) is 4.31 Å². The summed E-state index contributed by atoms with van der Waals surface area (Å²) in [6, 6.07) is 9.99. The lowest BCUT2D eigenvalue weighted by atomic mass is 9.60. The van der Waals surface area contributed by atoms with Crippen molar-refractivity contribution in [3.63, 3.8) is 0 Å². The molecule has 4 fully saturated rings. The first-order valence-electron chi connectivity index (χ1n) is 20.3. The van der Waals surface area contributed by atoms with Crippen LogP contribution in [0.4, 0.5) is 17.2 Å². The van der Waals surface area contributed by atoms with Gasteiger partial charge in [-0.1, -0.05) is 19.8 Å². The fourth-order valence-corrected chi connectivity index (χ4v) is 11.0. The highest BCUT2D eigenvalue weighted by Gasteiger charge is 2.48. The summed E-state index contributed by atoms with van der Waals surface area (Å²) in [7, 11) is -7.78. The Morgan fingerprint density at radius 3 is 2.39 bits per heavy atom. The molecule has 0 radical (unpaired) electrons. The fourth-order valence-electron chi connectivity index (χ4n) is 9.20. The number of amides is 1. The molecule has 2 saturated heterocycles. The molecule has 5 heterocycles. The molecule has 59 heavy (non-hydrogen) atoms. The van der Waals surface area contributed by atoms with E-state index in [0.717, 1.165) is 101 Å². The summed E-state index contributed by atoms with van der Waals surface area (Å²) in [6.07, 6.45) is 13.8. The van der Waals surface area contributed by atoms with Crippen molar-refractivity contribution in [2.24, 2.45) is 17.3 Å². The number of benzene rings is 1. The molecule has 3 aromatic heterocycles. The Morgan fingerprint density at radius 1 is 0.966 bits per heavy atom. The minimum absolute atomic E-state index is 0.0241. The fraction of sp³-hybridized carbons (Fsp3) is 0.525. The number of hydrogen-bond acceptors (Lipinski definition) is 13. The predicted octanol–water partition coefficient (Wildman–Crippen LogP) is 5.34. The second-order valence-corrected chi connectivity index (χ2v) is 20.5. The standard InChI is InChI=1S/C40H51N9O8S2/c1-27-3-5-28(6-4-27)24-42-38-35(49(51)52)21-33(26-44-38)59(55,56)45-39(50)34-8-7-30(20-36(34)57-32-19-29-9-12-41-37(29)43-25-32)46-13-10-40(11-14-46)22-31(23-40)47-15-17-48(18-16-47)58(2,53)54/h7-9,12,19-21,25-28,31H,3-6,10-11,13-18,22-24H2,1-2H3,(H,41,43)(H,42,44)(H,45,50). The monoisotopic (exact) mass is 849 g/mol. The lowest BCUT2D eigenvalue weighted by Crippen LogP contribution is -2.59. The molecule has 2 aliphatic heterocycles. The molecule has 4 aliphatic rings. The molecule has 17 nitrogen and oxygen atoms in total. The summed E-state index contributed by atoms with van der Waals surface area (Å²) in [5, 5.41) is 15.9. The number of piperazine rings is 1. The van der Waals surface area contributed by atoms with Crippen LogP contribution in [0.5, 0.6) is 11.5 Å². The summed E-state index contributed by atoms with van der Waals surface area (Å²) >= 11 is 0. The maximum Gasteiger partial charge on any atom is 0.312 e. The van der Waals surface area contributed by atoms with E-state index in [1.54, 1.807) is 28.7 Å². The zero-order valence-corrected chi connectivity index (χ0v) is 34.9. The Morgan fingerprint density at radius 2 is 1.69 bits per heavy atom. The number of nitrogens with one attached hydrogen (secondary N) is 3.